The molecule has 9 nitrogen and oxygen atoms in total. The van der Waals surface area contributed by atoms with E-state index in [4.69, 9.17) is 20.8 Å². The average molecular weight is 506 g/mol. The quantitative estimate of drug-likeness (QED) is 0.456. The maximum atomic E-state index is 13.5. The maximum absolute atomic E-state index is 13.5. The first kappa shape index (κ1) is 24.0. The first-order chi connectivity index (χ1) is 16.1. The van der Waals surface area contributed by atoms with Crippen molar-refractivity contribution in [1.29, 1.82) is 0 Å². The van der Waals surface area contributed by atoms with Crippen LogP contribution in [0.2, 0.25) is 5.02 Å². The Morgan fingerprint density at radius 3 is 2.71 bits per heavy atom. The van der Waals surface area contributed by atoms with Gasteiger partial charge in [0.05, 0.1) is 10.9 Å². The lowest BCUT2D eigenvalue weighted by atomic mass is 9.98. The number of benzene rings is 1. The molecule has 2 aliphatic rings. The molecule has 4 rings (SSSR count). The molecule has 2 fully saturated rings. The van der Waals surface area contributed by atoms with Crippen molar-refractivity contribution in [2.75, 3.05) is 31.1 Å². The Morgan fingerprint density at radius 2 is 2.03 bits per heavy atom. The summed E-state index contributed by atoms with van der Waals surface area (Å²) in [5.74, 6) is -2.29. The van der Waals surface area contributed by atoms with Gasteiger partial charge in [0, 0.05) is 31.7 Å². The van der Waals surface area contributed by atoms with Crippen LogP contribution >= 0.6 is 11.6 Å². The molecular weight excluding hydrogens is 486 g/mol. The summed E-state index contributed by atoms with van der Waals surface area (Å²) >= 11 is 5.60. The minimum atomic E-state index is -4.27. The summed E-state index contributed by atoms with van der Waals surface area (Å²) in [5.41, 5.74) is 0. The van der Waals surface area contributed by atoms with Gasteiger partial charge in [-0.15, -0.1) is 5.10 Å². The normalized spacial score (nSPS) is 21.2. The van der Waals surface area contributed by atoms with E-state index in [2.05, 4.69) is 15.5 Å². The Hall–Kier alpha value is -3.09. The number of rotatable bonds is 7. The number of nitrogens with zero attached hydrogens (tertiary/aromatic N) is 4. The summed E-state index contributed by atoms with van der Waals surface area (Å²) in [6, 6.07) is 2.86. The van der Waals surface area contributed by atoms with Gasteiger partial charge in [-0.2, -0.15) is 13.2 Å². The Kier molecular flexibility index (Phi) is 6.82. The first-order valence-electron chi connectivity index (χ1n) is 10.4. The molecule has 184 valence electrons. The number of ether oxygens (including phenoxy) is 1. The van der Waals surface area contributed by atoms with Crippen LogP contribution in [-0.2, 0) is 9.59 Å². The molecule has 2 atom stereocenters. The summed E-state index contributed by atoms with van der Waals surface area (Å²) in [5, 5.41) is 10.4. The van der Waals surface area contributed by atoms with E-state index in [1.54, 1.807) is 0 Å². The van der Waals surface area contributed by atoms with Crippen LogP contribution in [0.4, 0.5) is 23.6 Å². The third-order valence-corrected chi connectivity index (χ3v) is 6.02. The zero-order chi connectivity index (χ0) is 24.5. The van der Waals surface area contributed by atoms with E-state index in [1.807, 2.05) is 0 Å². The lowest BCUT2D eigenvalue weighted by Crippen LogP contribution is -2.53. The SMILES string of the molecule is O=CN1C[C@@H](NC(=O)COc2ccc(Cl)c(F)c2)CC[C@@H]1c1nnc(N2CC(C(F)(F)F)C2)o1. The highest BCUT2D eigenvalue weighted by molar-refractivity contribution is 6.30. The van der Waals surface area contributed by atoms with Crippen LogP contribution < -0.4 is 15.0 Å². The van der Waals surface area contributed by atoms with Crippen LogP contribution in [-0.4, -0.2) is 65.9 Å². The number of piperidine rings is 1. The Balaban J connectivity index is 1.28. The summed E-state index contributed by atoms with van der Waals surface area (Å²) in [6.07, 6.45) is -2.82. The number of aromatic nitrogens is 2. The van der Waals surface area contributed by atoms with Crippen LogP contribution in [0.15, 0.2) is 22.6 Å². The molecular formula is C20H20ClF4N5O4. The van der Waals surface area contributed by atoms with Gasteiger partial charge in [-0.25, -0.2) is 4.39 Å². The van der Waals surface area contributed by atoms with Crippen molar-refractivity contribution in [2.45, 2.75) is 31.1 Å². The fourth-order valence-corrected chi connectivity index (χ4v) is 3.93. The lowest BCUT2D eigenvalue weighted by Gasteiger charge is -2.38. The summed E-state index contributed by atoms with van der Waals surface area (Å²) < 4.78 is 62.3. The van der Waals surface area contributed by atoms with Gasteiger partial charge in [0.25, 0.3) is 5.91 Å². The standard InChI is InChI=1S/C20H20ClF4N5O4/c21-14-3-2-13(5-15(14)22)33-9-17(32)26-12-1-4-16(30(8-12)10-31)18-27-28-19(34-18)29-6-11(7-29)20(23,24)25/h2-3,5,10-12,16H,1,4,6-9H2,(H,26,32)/t12-,16+/m0/s1. The van der Waals surface area contributed by atoms with E-state index in [-0.39, 0.29) is 55.0 Å². The van der Waals surface area contributed by atoms with E-state index in [0.717, 1.165) is 6.07 Å². The fraction of sp³-hybridized carbons (Fsp3) is 0.500. The first-order valence-corrected chi connectivity index (χ1v) is 10.7. The molecule has 1 aromatic carbocycles. The van der Waals surface area contributed by atoms with Gasteiger partial charge in [-0.1, -0.05) is 16.7 Å². The number of hydrogen-bond acceptors (Lipinski definition) is 7. The third kappa shape index (κ3) is 5.34. The largest absolute Gasteiger partial charge is 0.484 e. The van der Waals surface area contributed by atoms with Crippen molar-refractivity contribution in [2.24, 2.45) is 5.92 Å². The Morgan fingerprint density at radius 1 is 1.26 bits per heavy atom. The second kappa shape index (κ2) is 9.65. The molecule has 2 saturated heterocycles. The fourth-order valence-electron chi connectivity index (χ4n) is 3.81. The van der Waals surface area contributed by atoms with Gasteiger partial charge >= 0.3 is 12.2 Å². The van der Waals surface area contributed by atoms with Crippen LogP contribution in [0.5, 0.6) is 5.75 Å². The van der Waals surface area contributed by atoms with Gasteiger partial charge in [0.1, 0.15) is 17.6 Å². The highest BCUT2D eigenvalue weighted by Crippen LogP contribution is 2.37. The predicted octanol–water partition coefficient (Wildman–Crippen LogP) is 2.72. The van der Waals surface area contributed by atoms with Crippen molar-refractivity contribution in [3.63, 3.8) is 0 Å². The van der Waals surface area contributed by atoms with Crippen LogP contribution in [0.3, 0.4) is 0 Å². The molecule has 0 radical (unpaired) electrons. The molecule has 2 aromatic rings. The zero-order valence-electron chi connectivity index (χ0n) is 17.6. The van der Waals surface area contributed by atoms with Crippen LogP contribution in [0.1, 0.15) is 24.8 Å². The molecule has 34 heavy (non-hydrogen) atoms. The molecule has 3 heterocycles. The van der Waals surface area contributed by atoms with Gasteiger partial charge in [0.2, 0.25) is 12.3 Å². The average Bonchev–Trinajstić information content (AvgIpc) is 3.21. The maximum Gasteiger partial charge on any atom is 0.395 e. The highest BCUT2D eigenvalue weighted by Gasteiger charge is 2.48. The number of nitrogens with one attached hydrogen (secondary N) is 1. The topological polar surface area (TPSA) is 101 Å². The molecule has 0 bridgehead atoms. The summed E-state index contributed by atoms with van der Waals surface area (Å²) in [7, 11) is 0. The van der Waals surface area contributed by atoms with Crippen molar-refractivity contribution < 1.29 is 36.3 Å². The third-order valence-electron chi connectivity index (χ3n) is 5.71. The summed E-state index contributed by atoms with van der Waals surface area (Å²) in [4.78, 5) is 26.5. The number of amides is 2. The number of carbonyl (C=O) groups is 2. The van der Waals surface area contributed by atoms with E-state index in [1.165, 1.54) is 21.9 Å². The predicted molar refractivity (Wildman–Crippen MR) is 110 cm³/mol. The smallest absolute Gasteiger partial charge is 0.395 e. The molecule has 2 amide bonds. The van der Waals surface area contributed by atoms with E-state index >= 15 is 0 Å². The number of alkyl halides is 3. The van der Waals surface area contributed by atoms with Gasteiger partial charge in [-0.3, -0.25) is 9.59 Å². The number of carbonyl (C=O) groups excluding carboxylic acids is 2. The molecule has 0 aliphatic carbocycles. The van der Waals surface area contributed by atoms with E-state index in [0.29, 0.717) is 19.3 Å². The van der Waals surface area contributed by atoms with Crippen molar-refractivity contribution in [3.05, 3.63) is 34.9 Å². The monoisotopic (exact) mass is 505 g/mol. The minimum Gasteiger partial charge on any atom is -0.484 e. The lowest BCUT2D eigenvalue weighted by molar-refractivity contribution is -0.180. The molecule has 0 saturated carbocycles. The number of anilines is 1. The molecule has 14 heteroatoms. The van der Waals surface area contributed by atoms with E-state index < -0.39 is 29.9 Å². The van der Waals surface area contributed by atoms with Gasteiger partial charge in [0.15, 0.2) is 6.61 Å². The molecule has 1 aromatic heterocycles. The van der Waals surface area contributed by atoms with Crippen LogP contribution in [0, 0.1) is 11.7 Å². The Bertz CT molecular complexity index is 1050. The van der Waals surface area contributed by atoms with Gasteiger partial charge < -0.3 is 24.3 Å². The molecule has 2 aliphatic heterocycles. The van der Waals surface area contributed by atoms with Crippen molar-refractivity contribution >= 4 is 29.9 Å². The van der Waals surface area contributed by atoms with Crippen molar-refractivity contribution in [3.8, 4) is 5.75 Å². The molecule has 1 N–H and O–H groups in total. The second-order valence-electron chi connectivity index (χ2n) is 8.09. The summed E-state index contributed by atoms with van der Waals surface area (Å²) in [6.45, 7) is -0.713. The highest BCUT2D eigenvalue weighted by atomic mass is 35.5. The molecule has 0 unspecified atom stereocenters. The second-order valence-corrected chi connectivity index (χ2v) is 8.50. The number of likely N-dealkylation sites (tertiary alicyclic amines) is 1. The van der Waals surface area contributed by atoms with Crippen LogP contribution in [0.25, 0.3) is 0 Å². The number of halogens is 5. The Labute approximate surface area is 196 Å². The minimum absolute atomic E-state index is 0.0208. The van der Waals surface area contributed by atoms with E-state index in [9.17, 15) is 27.2 Å². The number of hydrogen-bond donors (Lipinski definition) is 1. The van der Waals surface area contributed by atoms with Gasteiger partial charge in [-0.05, 0) is 25.0 Å². The van der Waals surface area contributed by atoms with Crippen molar-refractivity contribution in [1.82, 2.24) is 20.4 Å². The molecule has 0 spiro atoms. The zero-order valence-corrected chi connectivity index (χ0v) is 18.4.